The second-order valence-corrected chi connectivity index (χ2v) is 4.07. The number of nitrogens with zero attached hydrogens (tertiary/aromatic N) is 1. The zero-order chi connectivity index (χ0) is 12.7. The summed E-state index contributed by atoms with van der Waals surface area (Å²) in [5, 5.41) is 18.3. The van der Waals surface area contributed by atoms with Crippen molar-refractivity contribution < 1.29 is 15.0 Å². The molecule has 0 saturated heterocycles. The molecule has 0 aromatic heterocycles. The molecule has 1 aromatic carbocycles. The van der Waals surface area contributed by atoms with E-state index in [2.05, 4.69) is 0 Å². The maximum absolute atomic E-state index is 11.8. The average molecular weight is 258 g/mol. The van der Waals surface area contributed by atoms with E-state index in [4.69, 9.17) is 21.8 Å². The minimum atomic E-state index is -0.115. The van der Waals surface area contributed by atoms with Crippen molar-refractivity contribution in [1.82, 2.24) is 4.90 Å². The van der Waals surface area contributed by atoms with E-state index in [0.717, 1.165) is 5.56 Å². The summed E-state index contributed by atoms with van der Waals surface area (Å²) < 4.78 is 0. The van der Waals surface area contributed by atoms with Gasteiger partial charge < -0.3 is 15.1 Å². The number of amides is 1. The number of aliphatic hydroxyl groups excluding tert-OH is 2. The van der Waals surface area contributed by atoms with Crippen LogP contribution in [-0.2, 0) is 11.2 Å². The fourth-order valence-corrected chi connectivity index (χ4v) is 1.62. The zero-order valence-corrected chi connectivity index (χ0v) is 10.2. The molecule has 0 atom stereocenters. The van der Waals surface area contributed by atoms with E-state index in [1.165, 1.54) is 4.90 Å². The van der Waals surface area contributed by atoms with Gasteiger partial charge in [0.25, 0.3) is 0 Å². The molecule has 0 saturated carbocycles. The van der Waals surface area contributed by atoms with Crippen LogP contribution in [0.2, 0.25) is 5.02 Å². The first kappa shape index (κ1) is 14.0. The van der Waals surface area contributed by atoms with Crippen LogP contribution in [-0.4, -0.2) is 47.3 Å². The lowest BCUT2D eigenvalue weighted by Crippen LogP contribution is -2.36. The zero-order valence-electron chi connectivity index (χ0n) is 9.47. The minimum absolute atomic E-state index is 0.105. The highest BCUT2D eigenvalue weighted by Gasteiger charge is 2.12. The Morgan fingerprint density at radius 1 is 1.12 bits per heavy atom. The molecule has 1 amide bonds. The first-order valence-electron chi connectivity index (χ1n) is 5.41. The van der Waals surface area contributed by atoms with Gasteiger partial charge in [0.2, 0.25) is 5.91 Å². The van der Waals surface area contributed by atoms with Crippen LogP contribution in [0.3, 0.4) is 0 Å². The number of carbonyl (C=O) groups excluding carboxylic acids is 1. The number of rotatable bonds is 6. The summed E-state index contributed by atoms with van der Waals surface area (Å²) in [6.45, 7) is 0.276. The molecule has 0 heterocycles. The minimum Gasteiger partial charge on any atom is -0.395 e. The largest absolute Gasteiger partial charge is 0.395 e. The molecule has 0 aliphatic carbocycles. The highest BCUT2D eigenvalue weighted by molar-refractivity contribution is 6.30. The van der Waals surface area contributed by atoms with E-state index in [9.17, 15) is 4.79 Å². The summed E-state index contributed by atoms with van der Waals surface area (Å²) in [6, 6.07) is 7.03. The Hall–Kier alpha value is -1.10. The number of carbonyl (C=O) groups is 1. The fourth-order valence-electron chi connectivity index (χ4n) is 1.49. The van der Waals surface area contributed by atoms with Gasteiger partial charge in [-0.2, -0.15) is 0 Å². The molecule has 94 valence electrons. The van der Waals surface area contributed by atoms with Crippen molar-refractivity contribution in [2.75, 3.05) is 26.3 Å². The Balaban J connectivity index is 2.59. The normalized spacial score (nSPS) is 10.3. The number of aliphatic hydroxyl groups is 2. The molecule has 1 rings (SSSR count). The monoisotopic (exact) mass is 257 g/mol. The lowest BCUT2D eigenvalue weighted by molar-refractivity contribution is -0.131. The maximum atomic E-state index is 11.8. The van der Waals surface area contributed by atoms with E-state index >= 15 is 0 Å². The lowest BCUT2D eigenvalue weighted by Gasteiger charge is -2.20. The van der Waals surface area contributed by atoms with Crippen LogP contribution in [0, 0.1) is 0 Å². The molecule has 0 spiro atoms. The lowest BCUT2D eigenvalue weighted by atomic mass is 10.1. The van der Waals surface area contributed by atoms with Crippen molar-refractivity contribution in [3.63, 3.8) is 0 Å². The van der Waals surface area contributed by atoms with Gasteiger partial charge >= 0.3 is 0 Å². The third-order valence-electron chi connectivity index (χ3n) is 2.36. The van der Waals surface area contributed by atoms with E-state index in [0.29, 0.717) is 5.02 Å². The van der Waals surface area contributed by atoms with Crippen molar-refractivity contribution in [3.8, 4) is 0 Å². The maximum Gasteiger partial charge on any atom is 0.227 e. The van der Waals surface area contributed by atoms with Crippen LogP contribution < -0.4 is 0 Å². The SMILES string of the molecule is O=C(Cc1ccc(Cl)cc1)N(CCO)CCO. The molecular formula is C12H16ClNO3. The highest BCUT2D eigenvalue weighted by atomic mass is 35.5. The number of hydrogen-bond donors (Lipinski definition) is 2. The smallest absolute Gasteiger partial charge is 0.227 e. The standard InChI is InChI=1S/C12H16ClNO3/c13-11-3-1-10(2-4-11)9-12(17)14(5-7-15)6-8-16/h1-4,15-16H,5-9H2. The topological polar surface area (TPSA) is 60.8 Å². The molecule has 0 aliphatic rings. The summed E-state index contributed by atoms with van der Waals surface area (Å²) in [6.07, 6.45) is 0.247. The predicted octanol–water partition coefficient (Wildman–Crippen LogP) is 0.696. The summed E-state index contributed by atoms with van der Waals surface area (Å²) in [5.41, 5.74) is 0.861. The Morgan fingerprint density at radius 2 is 1.65 bits per heavy atom. The van der Waals surface area contributed by atoms with Crippen molar-refractivity contribution in [3.05, 3.63) is 34.9 Å². The Labute approximate surface area is 105 Å². The molecule has 0 bridgehead atoms. The van der Waals surface area contributed by atoms with Gasteiger partial charge in [-0.05, 0) is 17.7 Å². The highest BCUT2D eigenvalue weighted by Crippen LogP contribution is 2.10. The molecule has 0 unspecified atom stereocenters. The Bertz CT molecular complexity index is 347. The quantitative estimate of drug-likeness (QED) is 0.789. The van der Waals surface area contributed by atoms with E-state index in [1.807, 2.05) is 0 Å². The van der Waals surface area contributed by atoms with Crippen molar-refractivity contribution in [2.45, 2.75) is 6.42 Å². The molecule has 0 aliphatic heterocycles. The fraction of sp³-hybridized carbons (Fsp3) is 0.417. The van der Waals surface area contributed by atoms with Crippen molar-refractivity contribution in [1.29, 1.82) is 0 Å². The third kappa shape index (κ3) is 4.73. The Morgan fingerprint density at radius 3 is 2.12 bits per heavy atom. The van der Waals surface area contributed by atoms with Gasteiger partial charge in [0, 0.05) is 18.1 Å². The van der Waals surface area contributed by atoms with E-state index < -0.39 is 0 Å². The first-order chi connectivity index (χ1) is 8.17. The number of benzene rings is 1. The molecular weight excluding hydrogens is 242 g/mol. The summed E-state index contributed by atoms with van der Waals surface area (Å²) in [4.78, 5) is 13.3. The van der Waals surface area contributed by atoms with Crippen LogP contribution in [0.25, 0.3) is 0 Å². The van der Waals surface area contributed by atoms with Gasteiger partial charge in [-0.3, -0.25) is 4.79 Å². The van der Waals surface area contributed by atoms with Gasteiger partial charge in [-0.25, -0.2) is 0 Å². The second kappa shape index (κ2) is 7.27. The van der Waals surface area contributed by atoms with Gasteiger partial charge in [0.05, 0.1) is 19.6 Å². The molecule has 17 heavy (non-hydrogen) atoms. The van der Waals surface area contributed by atoms with Crippen molar-refractivity contribution >= 4 is 17.5 Å². The molecule has 5 heteroatoms. The van der Waals surface area contributed by atoms with Crippen LogP contribution >= 0.6 is 11.6 Å². The van der Waals surface area contributed by atoms with Gasteiger partial charge in [0.1, 0.15) is 0 Å². The number of hydrogen-bond acceptors (Lipinski definition) is 3. The van der Waals surface area contributed by atoms with E-state index in [1.54, 1.807) is 24.3 Å². The summed E-state index contributed by atoms with van der Waals surface area (Å²) in [5.74, 6) is -0.115. The van der Waals surface area contributed by atoms with Crippen molar-refractivity contribution in [2.24, 2.45) is 0 Å². The number of halogens is 1. The van der Waals surface area contributed by atoms with Crippen LogP contribution in [0.4, 0.5) is 0 Å². The molecule has 0 fully saturated rings. The average Bonchev–Trinajstić information content (AvgIpc) is 2.32. The van der Waals surface area contributed by atoms with Gasteiger partial charge in [-0.15, -0.1) is 0 Å². The van der Waals surface area contributed by atoms with Crippen LogP contribution in [0.15, 0.2) is 24.3 Å². The summed E-state index contributed by atoms with van der Waals surface area (Å²) >= 11 is 5.75. The Kier molecular flexibility index (Phi) is 5.97. The first-order valence-corrected chi connectivity index (χ1v) is 5.79. The van der Waals surface area contributed by atoms with Crippen LogP contribution in [0.5, 0.6) is 0 Å². The third-order valence-corrected chi connectivity index (χ3v) is 2.61. The second-order valence-electron chi connectivity index (χ2n) is 3.63. The summed E-state index contributed by atoms with van der Waals surface area (Å²) in [7, 11) is 0. The molecule has 2 N–H and O–H groups in total. The molecule has 1 aromatic rings. The molecule has 0 radical (unpaired) electrons. The molecule has 4 nitrogen and oxygen atoms in total. The van der Waals surface area contributed by atoms with Gasteiger partial charge in [0.15, 0.2) is 0 Å². The van der Waals surface area contributed by atoms with E-state index in [-0.39, 0.29) is 38.6 Å². The van der Waals surface area contributed by atoms with Crippen LogP contribution in [0.1, 0.15) is 5.56 Å². The predicted molar refractivity (Wildman–Crippen MR) is 65.9 cm³/mol. The van der Waals surface area contributed by atoms with Gasteiger partial charge in [-0.1, -0.05) is 23.7 Å².